The lowest BCUT2D eigenvalue weighted by atomic mass is 10.1. The van der Waals surface area contributed by atoms with Gasteiger partial charge in [-0.1, -0.05) is 0 Å². The molecule has 11 heteroatoms. The zero-order valence-electron chi connectivity index (χ0n) is 15.6. The van der Waals surface area contributed by atoms with Crippen LogP contribution in [0.4, 0.5) is 18.9 Å². The number of hydrogen-bond acceptors (Lipinski definition) is 6. The molecule has 1 aromatic heterocycles. The minimum atomic E-state index is -4.82. The van der Waals surface area contributed by atoms with Crippen LogP contribution in [0.15, 0.2) is 24.3 Å². The topological polar surface area (TPSA) is 107 Å². The van der Waals surface area contributed by atoms with E-state index in [9.17, 15) is 27.6 Å². The number of aromatic nitrogens is 1. The predicted octanol–water partition coefficient (Wildman–Crippen LogP) is 3.11. The van der Waals surface area contributed by atoms with Crippen LogP contribution in [0.25, 0.3) is 0 Å². The number of benzene rings is 1. The summed E-state index contributed by atoms with van der Waals surface area (Å²) in [7, 11) is 1.21. The normalized spacial score (nSPS) is 11.0. The van der Waals surface area contributed by atoms with Crippen LogP contribution in [-0.2, 0) is 14.3 Å². The third-order valence-electron chi connectivity index (χ3n) is 3.74. The van der Waals surface area contributed by atoms with Crippen LogP contribution in [-0.4, -0.2) is 42.9 Å². The van der Waals surface area contributed by atoms with Gasteiger partial charge in [0.15, 0.2) is 6.61 Å². The van der Waals surface area contributed by atoms with Gasteiger partial charge in [0.25, 0.3) is 5.91 Å². The Morgan fingerprint density at radius 3 is 2.24 bits per heavy atom. The van der Waals surface area contributed by atoms with E-state index in [1.807, 2.05) is 0 Å². The number of carbonyl (C=O) groups is 3. The van der Waals surface area contributed by atoms with E-state index in [1.165, 1.54) is 26.2 Å². The molecule has 0 saturated heterocycles. The van der Waals surface area contributed by atoms with Gasteiger partial charge in [-0.2, -0.15) is 0 Å². The maximum Gasteiger partial charge on any atom is 0.573 e. The van der Waals surface area contributed by atoms with Crippen LogP contribution in [0.1, 0.15) is 32.1 Å². The summed E-state index contributed by atoms with van der Waals surface area (Å²) in [4.78, 5) is 38.5. The molecule has 2 rings (SSSR count). The monoisotopic (exact) mass is 414 g/mol. The zero-order chi connectivity index (χ0) is 21.8. The first-order chi connectivity index (χ1) is 13.5. The number of aryl methyl sites for hydroxylation is 1. The van der Waals surface area contributed by atoms with Crippen molar-refractivity contribution in [3.8, 4) is 5.75 Å². The van der Waals surface area contributed by atoms with Gasteiger partial charge in [-0.05, 0) is 43.7 Å². The SMILES string of the molecule is COC(=O)c1c(C)[nH]c(C(=O)OCC(=O)Nc2ccc(OC(F)(F)F)cc2)c1C. The van der Waals surface area contributed by atoms with Gasteiger partial charge in [-0.3, -0.25) is 4.79 Å². The lowest BCUT2D eigenvalue weighted by molar-refractivity contribution is -0.274. The third kappa shape index (κ3) is 5.74. The first-order valence-electron chi connectivity index (χ1n) is 8.12. The number of esters is 2. The molecule has 1 amide bonds. The van der Waals surface area contributed by atoms with Crippen LogP contribution < -0.4 is 10.1 Å². The smallest absolute Gasteiger partial charge is 0.465 e. The van der Waals surface area contributed by atoms with Gasteiger partial charge in [0, 0.05) is 11.4 Å². The highest BCUT2D eigenvalue weighted by molar-refractivity contribution is 5.99. The molecule has 29 heavy (non-hydrogen) atoms. The molecule has 2 N–H and O–H groups in total. The van der Waals surface area contributed by atoms with Gasteiger partial charge in [-0.25, -0.2) is 9.59 Å². The maximum atomic E-state index is 12.2. The molecule has 0 radical (unpaired) electrons. The number of anilines is 1. The predicted molar refractivity (Wildman–Crippen MR) is 93.6 cm³/mol. The molecule has 2 aromatic rings. The number of aromatic amines is 1. The number of methoxy groups -OCH3 is 1. The molecule has 0 bridgehead atoms. The van der Waals surface area contributed by atoms with Crippen molar-refractivity contribution in [3.05, 3.63) is 46.8 Å². The fraction of sp³-hybridized carbons (Fsp3) is 0.278. The summed E-state index contributed by atoms with van der Waals surface area (Å²) >= 11 is 0. The first-order valence-corrected chi connectivity index (χ1v) is 8.12. The lowest BCUT2D eigenvalue weighted by Crippen LogP contribution is -2.21. The number of nitrogens with one attached hydrogen (secondary N) is 2. The first kappa shape index (κ1) is 21.8. The fourth-order valence-corrected chi connectivity index (χ4v) is 2.50. The fourth-order valence-electron chi connectivity index (χ4n) is 2.50. The largest absolute Gasteiger partial charge is 0.573 e. The minimum absolute atomic E-state index is 0.00403. The van der Waals surface area contributed by atoms with Crippen LogP contribution in [0.5, 0.6) is 5.75 Å². The number of halogens is 3. The molecule has 0 aliphatic carbocycles. The number of H-pyrrole nitrogens is 1. The van der Waals surface area contributed by atoms with Crippen molar-refractivity contribution >= 4 is 23.5 Å². The highest BCUT2D eigenvalue weighted by atomic mass is 19.4. The van der Waals surface area contributed by atoms with Crippen molar-refractivity contribution in [3.63, 3.8) is 0 Å². The molecule has 0 unspecified atom stereocenters. The van der Waals surface area contributed by atoms with Crippen LogP contribution in [0, 0.1) is 13.8 Å². The molecular formula is C18H17F3N2O6. The molecule has 0 spiro atoms. The summed E-state index contributed by atoms with van der Waals surface area (Å²) in [6, 6.07) is 4.44. The van der Waals surface area contributed by atoms with E-state index in [0.717, 1.165) is 12.1 Å². The molecule has 0 aliphatic rings. The minimum Gasteiger partial charge on any atom is -0.465 e. The highest BCUT2D eigenvalue weighted by Gasteiger charge is 2.31. The third-order valence-corrected chi connectivity index (χ3v) is 3.74. The number of rotatable bonds is 6. The highest BCUT2D eigenvalue weighted by Crippen LogP contribution is 2.24. The average molecular weight is 414 g/mol. The van der Waals surface area contributed by atoms with E-state index in [1.54, 1.807) is 6.92 Å². The molecule has 8 nitrogen and oxygen atoms in total. The van der Waals surface area contributed by atoms with Crippen molar-refractivity contribution in [2.75, 3.05) is 19.0 Å². The summed E-state index contributed by atoms with van der Waals surface area (Å²) in [5, 5.41) is 2.36. The Labute approximate surface area is 162 Å². The summed E-state index contributed by atoms with van der Waals surface area (Å²) in [6.07, 6.45) is -4.82. The molecule has 0 aliphatic heterocycles. The number of amides is 1. The summed E-state index contributed by atoms with van der Waals surface area (Å²) in [5.41, 5.74) is 1.11. The Balaban J connectivity index is 1.94. The van der Waals surface area contributed by atoms with Gasteiger partial charge >= 0.3 is 18.3 Å². The van der Waals surface area contributed by atoms with Gasteiger partial charge in [-0.15, -0.1) is 13.2 Å². The van der Waals surface area contributed by atoms with E-state index in [0.29, 0.717) is 11.3 Å². The molecule has 1 aromatic carbocycles. The van der Waals surface area contributed by atoms with Crippen LogP contribution in [0.2, 0.25) is 0 Å². The van der Waals surface area contributed by atoms with Crippen LogP contribution >= 0.6 is 0 Å². The summed E-state index contributed by atoms with van der Waals surface area (Å²) in [6.45, 7) is 2.45. The second kappa shape index (κ2) is 8.67. The maximum absolute atomic E-state index is 12.2. The van der Waals surface area contributed by atoms with E-state index in [-0.39, 0.29) is 16.9 Å². The number of hydrogen-bond donors (Lipinski definition) is 2. The second-order valence-electron chi connectivity index (χ2n) is 5.81. The number of alkyl halides is 3. The van der Waals surface area contributed by atoms with E-state index in [2.05, 4.69) is 19.8 Å². The number of carbonyl (C=O) groups excluding carboxylic acids is 3. The lowest BCUT2D eigenvalue weighted by Gasteiger charge is -2.10. The van der Waals surface area contributed by atoms with Crippen molar-refractivity contribution in [1.29, 1.82) is 0 Å². The van der Waals surface area contributed by atoms with Crippen molar-refractivity contribution in [1.82, 2.24) is 4.98 Å². The van der Waals surface area contributed by atoms with E-state index >= 15 is 0 Å². The number of ether oxygens (including phenoxy) is 3. The molecule has 0 atom stereocenters. The Morgan fingerprint density at radius 1 is 1.07 bits per heavy atom. The van der Waals surface area contributed by atoms with Crippen molar-refractivity contribution in [2.45, 2.75) is 20.2 Å². The molecule has 1 heterocycles. The Kier molecular flexibility index (Phi) is 6.52. The second-order valence-corrected chi connectivity index (χ2v) is 5.81. The Hall–Kier alpha value is -3.50. The standard InChI is InChI=1S/C18H17F3N2O6/c1-9-14(16(25)27-3)10(2)22-15(9)17(26)28-8-13(24)23-11-4-6-12(7-5-11)29-18(19,20)21/h4-7,22H,8H2,1-3H3,(H,23,24). The van der Waals surface area contributed by atoms with Crippen molar-refractivity contribution < 1.29 is 41.8 Å². The van der Waals surface area contributed by atoms with Gasteiger partial charge in [0.2, 0.25) is 0 Å². The van der Waals surface area contributed by atoms with E-state index < -0.39 is 36.6 Å². The van der Waals surface area contributed by atoms with E-state index in [4.69, 9.17) is 4.74 Å². The Bertz CT molecular complexity index is 919. The van der Waals surface area contributed by atoms with Crippen molar-refractivity contribution in [2.24, 2.45) is 0 Å². The zero-order valence-corrected chi connectivity index (χ0v) is 15.6. The van der Waals surface area contributed by atoms with Gasteiger partial charge < -0.3 is 24.5 Å². The Morgan fingerprint density at radius 2 is 1.69 bits per heavy atom. The molecule has 0 saturated carbocycles. The molecule has 156 valence electrons. The van der Waals surface area contributed by atoms with Crippen LogP contribution in [0.3, 0.4) is 0 Å². The summed E-state index contributed by atoms with van der Waals surface area (Å²) in [5.74, 6) is -2.63. The summed E-state index contributed by atoms with van der Waals surface area (Å²) < 4.78 is 49.6. The quantitative estimate of drug-likeness (QED) is 0.704. The van der Waals surface area contributed by atoms with Gasteiger partial charge in [0.1, 0.15) is 11.4 Å². The average Bonchev–Trinajstić information content (AvgIpc) is 2.94. The molecule has 0 fully saturated rings. The van der Waals surface area contributed by atoms with Gasteiger partial charge in [0.05, 0.1) is 12.7 Å². The molecular weight excluding hydrogens is 397 g/mol.